The fourth-order valence-electron chi connectivity index (χ4n) is 3.46. The molecule has 2 aliphatic heterocycles. The SMILES string of the molecule is N=C1/C(=C/c2ccc(OS(=O)(=O)c3ccccc3)cc2)C(=O)N=C2SC=C(c3ccccc3)N12. The van der Waals surface area contributed by atoms with Gasteiger partial charge < -0.3 is 4.18 Å². The Bertz CT molecular complexity index is 1480. The lowest BCUT2D eigenvalue weighted by atomic mass is 10.1. The van der Waals surface area contributed by atoms with Crippen molar-refractivity contribution in [2.75, 3.05) is 0 Å². The van der Waals surface area contributed by atoms with Crippen LogP contribution < -0.4 is 4.18 Å². The Morgan fingerprint density at radius 3 is 2.24 bits per heavy atom. The Morgan fingerprint density at radius 1 is 0.912 bits per heavy atom. The third kappa shape index (κ3) is 4.18. The summed E-state index contributed by atoms with van der Waals surface area (Å²) in [6, 6.07) is 23.7. The molecular weight excluding hydrogens is 470 g/mol. The van der Waals surface area contributed by atoms with Gasteiger partial charge in [-0.2, -0.15) is 13.4 Å². The molecule has 0 aliphatic carbocycles. The van der Waals surface area contributed by atoms with Gasteiger partial charge in [-0.1, -0.05) is 72.4 Å². The van der Waals surface area contributed by atoms with Crippen molar-refractivity contribution in [3.05, 3.63) is 107 Å². The van der Waals surface area contributed by atoms with Crippen LogP contribution in [-0.2, 0) is 14.9 Å². The fourth-order valence-corrected chi connectivity index (χ4v) is 5.30. The Balaban J connectivity index is 1.39. The number of fused-ring (bicyclic) bond motifs is 1. The second kappa shape index (κ2) is 8.77. The highest BCUT2D eigenvalue weighted by Crippen LogP contribution is 2.37. The molecule has 0 unspecified atom stereocenters. The predicted octanol–water partition coefficient (Wildman–Crippen LogP) is 4.76. The normalized spacial score (nSPS) is 16.8. The van der Waals surface area contributed by atoms with E-state index in [9.17, 15) is 13.2 Å². The van der Waals surface area contributed by atoms with Gasteiger partial charge in [0.2, 0.25) is 0 Å². The molecule has 5 rings (SSSR count). The summed E-state index contributed by atoms with van der Waals surface area (Å²) < 4.78 is 30.0. The summed E-state index contributed by atoms with van der Waals surface area (Å²) in [4.78, 5) is 18.5. The van der Waals surface area contributed by atoms with Gasteiger partial charge in [-0.15, -0.1) is 0 Å². The van der Waals surface area contributed by atoms with Crippen molar-refractivity contribution in [2.24, 2.45) is 4.99 Å². The van der Waals surface area contributed by atoms with Crippen LogP contribution in [0.2, 0.25) is 0 Å². The Kier molecular flexibility index (Phi) is 5.64. The van der Waals surface area contributed by atoms with Gasteiger partial charge in [-0.25, -0.2) is 0 Å². The zero-order valence-corrected chi connectivity index (χ0v) is 19.2. The first-order valence-corrected chi connectivity index (χ1v) is 12.5. The monoisotopic (exact) mass is 487 g/mol. The van der Waals surface area contributed by atoms with Crippen LogP contribution in [0.25, 0.3) is 11.8 Å². The zero-order chi connectivity index (χ0) is 23.7. The quantitative estimate of drug-likeness (QED) is 0.412. The summed E-state index contributed by atoms with van der Waals surface area (Å²) in [6.45, 7) is 0. The number of hydrogen-bond acceptors (Lipinski definition) is 6. The van der Waals surface area contributed by atoms with Crippen LogP contribution >= 0.6 is 11.8 Å². The number of aliphatic imine (C=N–C) groups is 1. The van der Waals surface area contributed by atoms with Crippen LogP contribution in [0.4, 0.5) is 0 Å². The molecule has 3 aromatic carbocycles. The molecule has 0 spiro atoms. The Labute approximate surface area is 200 Å². The van der Waals surface area contributed by atoms with Crippen molar-refractivity contribution in [2.45, 2.75) is 4.90 Å². The minimum Gasteiger partial charge on any atom is -0.379 e. The summed E-state index contributed by atoms with van der Waals surface area (Å²) in [7, 11) is -3.95. The van der Waals surface area contributed by atoms with Gasteiger partial charge in [0.25, 0.3) is 5.91 Å². The molecule has 168 valence electrons. The fraction of sp³-hybridized carbons (Fsp3) is 0. The minimum atomic E-state index is -3.95. The number of nitrogens with zero attached hydrogens (tertiary/aromatic N) is 2. The average molecular weight is 488 g/mol. The van der Waals surface area contributed by atoms with Crippen LogP contribution in [0.3, 0.4) is 0 Å². The molecule has 1 amide bonds. The minimum absolute atomic E-state index is 0.0297. The Hall–Kier alpha value is -3.95. The van der Waals surface area contributed by atoms with E-state index in [1.165, 1.54) is 36.0 Å². The first kappa shape index (κ1) is 21.9. The van der Waals surface area contributed by atoms with E-state index in [2.05, 4.69) is 4.99 Å². The molecule has 2 aliphatic rings. The van der Waals surface area contributed by atoms with Gasteiger partial charge in [0.15, 0.2) is 5.17 Å². The first-order chi connectivity index (χ1) is 16.4. The summed E-state index contributed by atoms with van der Waals surface area (Å²) >= 11 is 1.30. The molecule has 3 aromatic rings. The van der Waals surface area contributed by atoms with Gasteiger partial charge in [-0.05, 0) is 41.5 Å². The summed E-state index contributed by atoms with van der Waals surface area (Å²) in [5.74, 6) is -0.331. The zero-order valence-electron chi connectivity index (χ0n) is 17.6. The maximum absolute atomic E-state index is 12.6. The number of thioether (sulfide) groups is 1. The van der Waals surface area contributed by atoms with E-state index in [0.29, 0.717) is 10.7 Å². The van der Waals surface area contributed by atoms with Gasteiger partial charge >= 0.3 is 10.1 Å². The van der Waals surface area contributed by atoms with Gasteiger partial charge in [0, 0.05) is 5.41 Å². The molecule has 0 saturated heterocycles. The second-order valence-electron chi connectivity index (χ2n) is 7.35. The van der Waals surface area contributed by atoms with Crippen LogP contribution in [0.15, 0.2) is 106 Å². The van der Waals surface area contributed by atoms with Crippen molar-refractivity contribution in [3.8, 4) is 5.75 Å². The maximum atomic E-state index is 12.6. The molecule has 0 saturated carbocycles. The average Bonchev–Trinajstić information content (AvgIpc) is 3.27. The van der Waals surface area contributed by atoms with E-state index >= 15 is 0 Å². The van der Waals surface area contributed by atoms with Gasteiger partial charge in [0.1, 0.15) is 16.5 Å². The smallest absolute Gasteiger partial charge is 0.339 e. The van der Waals surface area contributed by atoms with Crippen molar-refractivity contribution in [1.82, 2.24) is 4.90 Å². The lowest BCUT2D eigenvalue weighted by Gasteiger charge is -2.26. The van der Waals surface area contributed by atoms with Gasteiger partial charge in [-0.3, -0.25) is 15.1 Å². The molecule has 0 radical (unpaired) electrons. The van der Waals surface area contributed by atoms with Crippen molar-refractivity contribution in [1.29, 1.82) is 5.41 Å². The van der Waals surface area contributed by atoms with E-state index in [0.717, 1.165) is 11.3 Å². The molecule has 9 heteroatoms. The van der Waals surface area contributed by atoms with E-state index in [1.54, 1.807) is 41.3 Å². The van der Waals surface area contributed by atoms with Crippen molar-refractivity contribution >= 4 is 50.6 Å². The predicted molar refractivity (Wildman–Crippen MR) is 133 cm³/mol. The summed E-state index contributed by atoms with van der Waals surface area (Å²) in [5.41, 5.74) is 2.44. The highest BCUT2D eigenvalue weighted by molar-refractivity contribution is 8.17. The first-order valence-electron chi connectivity index (χ1n) is 10.2. The number of amides is 1. The van der Waals surface area contributed by atoms with E-state index in [4.69, 9.17) is 9.59 Å². The number of rotatable bonds is 5. The van der Waals surface area contributed by atoms with E-state index < -0.39 is 16.0 Å². The third-order valence-electron chi connectivity index (χ3n) is 5.11. The van der Waals surface area contributed by atoms with Gasteiger partial charge in [0.05, 0.1) is 11.3 Å². The molecule has 0 fully saturated rings. The van der Waals surface area contributed by atoms with Crippen molar-refractivity contribution in [3.63, 3.8) is 0 Å². The number of amidine groups is 2. The second-order valence-corrected chi connectivity index (χ2v) is 9.73. The molecule has 34 heavy (non-hydrogen) atoms. The van der Waals surface area contributed by atoms with Crippen LogP contribution in [0, 0.1) is 5.41 Å². The number of carbonyl (C=O) groups excluding carboxylic acids is 1. The van der Waals surface area contributed by atoms with Crippen LogP contribution in [0.1, 0.15) is 11.1 Å². The highest BCUT2D eigenvalue weighted by atomic mass is 32.2. The standard InChI is InChI=1S/C25H17N3O4S2/c26-23-21(24(29)27-25-28(23)22(16-33-25)18-7-3-1-4-8-18)15-17-11-13-19(14-12-17)32-34(30,31)20-9-5-2-6-10-20/h1-16,26H/b21-15-,26-23?. The van der Waals surface area contributed by atoms with E-state index in [-0.39, 0.29) is 22.1 Å². The number of benzene rings is 3. The molecular formula is C25H17N3O4S2. The lowest BCUT2D eigenvalue weighted by molar-refractivity contribution is -0.114. The lowest BCUT2D eigenvalue weighted by Crippen LogP contribution is -2.38. The Morgan fingerprint density at radius 2 is 1.56 bits per heavy atom. The van der Waals surface area contributed by atoms with Crippen molar-refractivity contribution < 1.29 is 17.4 Å². The van der Waals surface area contributed by atoms with Crippen LogP contribution in [0.5, 0.6) is 5.75 Å². The topological polar surface area (TPSA) is 99.9 Å². The molecule has 1 N–H and O–H groups in total. The molecule has 7 nitrogen and oxygen atoms in total. The molecule has 0 aromatic heterocycles. The highest BCUT2D eigenvalue weighted by Gasteiger charge is 2.36. The number of nitrogens with one attached hydrogen (secondary N) is 1. The number of carbonyl (C=O) groups is 1. The molecule has 0 atom stereocenters. The maximum Gasteiger partial charge on any atom is 0.339 e. The van der Waals surface area contributed by atoms with E-state index in [1.807, 2.05) is 35.7 Å². The summed E-state index contributed by atoms with van der Waals surface area (Å²) in [5, 5.41) is 11.0. The van der Waals surface area contributed by atoms with Crippen LogP contribution in [-0.4, -0.2) is 30.2 Å². The molecule has 2 heterocycles. The molecule has 0 bridgehead atoms. The largest absolute Gasteiger partial charge is 0.379 e. The number of hydrogen-bond donors (Lipinski definition) is 1. The summed E-state index contributed by atoms with van der Waals surface area (Å²) in [6.07, 6.45) is 1.56. The third-order valence-corrected chi connectivity index (χ3v) is 7.20.